The zero-order chi connectivity index (χ0) is 19.4. The van der Waals surface area contributed by atoms with Gasteiger partial charge in [0.15, 0.2) is 0 Å². The molecule has 0 saturated carbocycles. The third-order valence-electron chi connectivity index (χ3n) is 4.49. The van der Waals surface area contributed by atoms with E-state index in [9.17, 15) is 13.2 Å². The van der Waals surface area contributed by atoms with Gasteiger partial charge >= 0.3 is 0 Å². The molecule has 144 valence electrons. The zero-order valence-corrected chi connectivity index (χ0v) is 15.4. The van der Waals surface area contributed by atoms with Crippen LogP contribution in [0.2, 0.25) is 0 Å². The molecule has 2 aromatic rings. The molecule has 0 bridgehead atoms. The van der Waals surface area contributed by atoms with Crippen LogP contribution in [0, 0.1) is 5.82 Å². The van der Waals surface area contributed by atoms with E-state index in [4.69, 9.17) is 4.74 Å². The molecule has 0 amide bonds. The molecule has 1 heterocycles. The monoisotopic (exact) mass is 376 g/mol. The molecular formula is C21H23F3N2O. The first-order chi connectivity index (χ1) is 13.0. The largest absolute Gasteiger partial charge is 0.489 e. The van der Waals surface area contributed by atoms with Crippen LogP contribution in [0.4, 0.5) is 13.2 Å². The summed E-state index contributed by atoms with van der Waals surface area (Å²) in [4.78, 5) is 2.07. The lowest BCUT2D eigenvalue weighted by Gasteiger charge is -2.26. The van der Waals surface area contributed by atoms with Crippen molar-refractivity contribution in [3.63, 3.8) is 0 Å². The van der Waals surface area contributed by atoms with Crippen LogP contribution in [0.5, 0.6) is 5.75 Å². The van der Waals surface area contributed by atoms with Gasteiger partial charge in [-0.15, -0.1) is 0 Å². The van der Waals surface area contributed by atoms with Crippen molar-refractivity contribution in [3.8, 4) is 5.75 Å². The van der Waals surface area contributed by atoms with Crippen molar-refractivity contribution in [2.75, 3.05) is 40.3 Å². The summed E-state index contributed by atoms with van der Waals surface area (Å²) < 4.78 is 45.6. The molecule has 0 aliphatic carbocycles. The minimum atomic E-state index is -2.56. The van der Waals surface area contributed by atoms with Gasteiger partial charge in [-0.2, -0.15) is 0 Å². The first-order valence-corrected chi connectivity index (χ1v) is 8.84. The van der Waals surface area contributed by atoms with Crippen molar-refractivity contribution in [1.29, 1.82) is 0 Å². The Morgan fingerprint density at radius 2 is 1.85 bits per heavy atom. The highest BCUT2D eigenvalue weighted by molar-refractivity contribution is 5.86. The molecule has 0 fully saturated rings. The molecule has 1 aliphatic rings. The van der Waals surface area contributed by atoms with Gasteiger partial charge in [-0.1, -0.05) is 12.1 Å². The summed E-state index contributed by atoms with van der Waals surface area (Å²) in [6, 6.07) is 10.5. The van der Waals surface area contributed by atoms with E-state index in [1.54, 1.807) is 18.2 Å². The van der Waals surface area contributed by atoms with Crippen molar-refractivity contribution >= 4 is 5.57 Å². The first-order valence-electron chi connectivity index (χ1n) is 8.84. The van der Waals surface area contributed by atoms with E-state index in [1.165, 1.54) is 24.3 Å². The van der Waals surface area contributed by atoms with Crippen molar-refractivity contribution < 1.29 is 17.9 Å². The minimum absolute atomic E-state index is 0.0567. The lowest BCUT2D eigenvalue weighted by Crippen LogP contribution is -2.30. The van der Waals surface area contributed by atoms with E-state index in [0.29, 0.717) is 24.5 Å². The second-order valence-electron chi connectivity index (χ2n) is 6.81. The second kappa shape index (κ2) is 8.59. The van der Waals surface area contributed by atoms with Gasteiger partial charge in [0.05, 0.1) is 0 Å². The Bertz CT molecular complexity index is 817. The van der Waals surface area contributed by atoms with E-state index < -0.39 is 6.43 Å². The molecule has 1 aliphatic heterocycles. The fraction of sp³-hybridized carbons (Fsp3) is 0.333. The van der Waals surface area contributed by atoms with Crippen molar-refractivity contribution in [1.82, 2.24) is 10.2 Å². The Balaban J connectivity index is 1.99. The van der Waals surface area contributed by atoms with Crippen LogP contribution in [0.3, 0.4) is 0 Å². The Morgan fingerprint density at radius 3 is 2.52 bits per heavy atom. The van der Waals surface area contributed by atoms with Crippen molar-refractivity contribution in [3.05, 3.63) is 70.5 Å². The Kier molecular flexibility index (Phi) is 6.19. The summed E-state index contributed by atoms with van der Waals surface area (Å²) >= 11 is 0. The van der Waals surface area contributed by atoms with Gasteiger partial charge in [0.2, 0.25) is 0 Å². The number of nitrogens with one attached hydrogen (secondary N) is 1. The topological polar surface area (TPSA) is 24.5 Å². The molecule has 0 saturated heterocycles. The summed E-state index contributed by atoms with van der Waals surface area (Å²) in [6.07, 6.45) is -2.56. The average Bonchev–Trinajstić information content (AvgIpc) is 2.65. The van der Waals surface area contributed by atoms with Crippen LogP contribution in [0.1, 0.15) is 23.1 Å². The van der Waals surface area contributed by atoms with Gasteiger partial charge in [-0.25, -0.2) is 13.2 Å². The summed E-state index contributed by atoms with van der Waals surface area (Å²) in [7, 11) is 3.99. The molecule has 2 aromatic carbocycles. The van der Waals surface area contributed by atoms with Gasteiger partial charge in [-0.3, -0.25) is 0 Å². The average molecular weight is 376 g/mol. The summed E-state index contributed by atoms with van der Waals surface area (Å²) in [5, 5.41) is 3.36. The quantitative estimate of drug-likeness (QED) is 0.736. The normalized spacial score (nSPS) is 13.9. The highest BCUT2D eigenvalue weighted by Gasteiger charge is 2.23. The number of ether oxygens (including phenoxy) is 1. The van der Waals surface area contributed by atoms with Crippen LogP contribution < -0.4 is 10.1 Å². The number of likely N-dealkylation sites (N-methyl/N-ethyl adjacent to an activating group) is 1. The van der Waals surface area contributed by atoms with Gasteiger partial charge in [0, 0.05) is 30.8 Å². The van der Waals surface area contributed by atoms with Crippen LogP contribution >= 0.6 is 0 Å². The molecule has 6 heteroatoms. The number of rotatable bonds is 7. The number of hydrogen-bond acceptors (Lipinski definition) is 3. The van der Waals surface area contributed by atoms with Crippen LogP contribution in [-0.2, 0) is 0 Å². The third-order valence-corrected chi connectivity index (χ3v) is 4.49. The molecule has 0 aromatic heterocycles. The summed E-state index contributed by atoms with van der Waals surface area (Å²) in [5.74, 6) is 0.231. The fourth-order valence-corrected chi connectivity index (χ4v) is 3.09. The number of halogens is 3. The van der Waals surface area contributed by atoms with Gasteiger partial charge in [-0.05, 0) is 61.1 Å². The van der Waals surface area contributed by atoms with E-state index in [0.717, 1.165) is 29.8 Å². The van der Waals surface area contributed by atoms with Crippen molar-refractivity contribution in [2.45, 2.75) is 6.43 Å². The molecule has 0 radical (unpaired) electrons. The third kappa shape index (κ3) is 4.70. The molecule has 3 rings (SSSR count). The highest BCUT2D eigenvalue weighted by Crippen LogP contribution is 2.39. The van der Waals surface area contributed by atoms with Crippen LogP contribution in [0.15, 0.2) is 48.0 Å². The van der Waals surface area contributed by atoms with Gasteiger partial charge in [0.1, 0.15) is 18.2 Å². The molecule has 0 spiro atoms. The van der Waals surface area contributed by atoms with E-state index in [2.05, 4.69) is 10.2 Å². The zero-order valence-electron chi connectivity index (χ0n) is 15.4. The molecule has 3 nitrogen and oxygen atoms in total. The lowest BCUT2D eigenvalue weighted by atomic mass is 9.90. The number of benzene rings is 2. The maximum atomic E-state index is 13.4. The number of nitrogens with zero attached hydrogens (tertiary/aromatic N) is 1. The maximum absolute atomic E-state index is 13.4. The Labute approximate surface area is 157 Å². The van der Waals surface area contributed by atoms with Crippen LogP contribution in [0.25, 0.3) is 5.57 Å². The smallest absolute Gasteiger partial charge is 0.263 e. The Hall–Kier alpha value is -2.31. The second-order valence-corrected chi connectivity index (χ2v) is 6.81. The summed E-state index contributed by atoms with van der Waals surface area (Å²) in [6.45, 7) is 2.60. The maximum Gasteiger partial charge on any atom is 0.263 e. The Morgan fingerprint density at radius 1 is 1.11 bits per heavy atom. The van der Waals surface area contributed by atoms with Crippen LogP contribution in [-0.4, -0.2) is 45.2 Å². The predicted molar refractivity (Wildman–Crippen MR) is 101 cm³/mol. The number of hydrogen-bond donors (Lipinski definition) is 1. The summed E-state index contributed by atoms with van der Waals surface area (Å²) in [5.41, 5.74) is 3.14. The van der Waals surface area contributed by atoms with E-state index in [-0.39, 0.29) is 11.4 Å². The van der Waals surface area contributed by atoms with Gasteiger partial charge < -0.3 is 15.0 Å². The van der Waals surface area contributed by atoms with Crippen molar-refractivity contribution in [2.24, 2.45) is 0 Å². The number of alkyl halides is 2. The van der Waals surface area contributed by atoms with E-state index in [1.807, 2.05) is 14.1 Å². The fourth-order valence-electron chi connectivity index (χ4n) is 3.09. The molecule has 27 heavy (non-hydrogen) atoms. The SMILES string of the molecule is CN(C)CCNCC1=C(c2ccc(F)cc2)c2cc(C(F)F)ccc2OC1. The van der Waals surface area contributed by atoms with E-state index >= 15 is 0 Å². The lowest BCUT2D eigenvalue weighted by molar-refractivity contribution is 0.151. The number of fused-ring (bicyclic) bond motifs is 1. The highest BCUT2D eigenvalue weighted by atomic mass is 19.3. The van der Waals surface area contributed by atoms with Gasteiger partial charge in [0.25, 0.3) is 6.43 Å². The molecule has 0 unspecified atom stereocenters. The standard InChI is InChI=1S/C21H23F3N2O/c1-26(2)10-9-25-12-16-13-27-19-8-5-15(21(23)24)11-18(19)20(16)14-3-6-17(22)7-4-14/h3-8,11,21,25H,9-10,12-13H2,1-2H3. The molecule has 1 N–H and O–H groups in total. The minimum Gasteiger partial charge on any atom is -0.489 e. The predicted octanol–water partition coefficient (Wildman–Crippen LogP) is 4.11. The molecular weight excluding hydrogens is 353 g/mol. The molecule has 0 atom stereocenters. The first kappa shape index (κ1) is 19.5.